The first-order valence-corrected chi connectivity index (χ1v) is 7.11. The van der Waals surface area contributed by atoms with E-state index >= 15 is 0 Å². The highest BCUT2D eigenvalue weighted by Crippen LogP contribution is 2.17. The third kappa shape index (κ3) is 2.61. The van der Waals surface area contributed by atoms with E-state index in [1.807, 2.05) is 6.07 Å². The van der Waals surface area contributed by atoms with Crippen molar-refractivity contribution in [3.8, 4) is 5.69 Å². The Bertz CT molecular complexity index is 943. The van der Waals surface area contributed by atoms with Gasteiger partial charge in [-0.15, -0.1) is 0 Å². The molecule has 0 spiro atoms. The minimum atomic E-state index is -0.400. The zero-order chi connectivity index (χ0) is 16.6. The Morgan fingerprint density at radius 3 is 2.35 bits per heavy atom. The molecule has 1 aromatic heterocycles. The molecule has 0 fully saturated rings. The lowest BCUT2D eigenvalue weighted by Gasteiger charge is -2.17. The van der Waals surface area contributed by atoms with Gasteiger partial charge >= 0.3 is 0 Å². The molecule has 3 aromatic rings. The van der Waals surface area contributed by atoms with Gasteiger partial charge in [-0.3, -0.25) is 14.2 Å². The van der Waals surface area contributed by atoms with Crippen LogP contribution >= 0.6 is 0 Å². The van der Waals surface area contributed by atoms with Gasteiger partial charge in [0.25, 0.3) is 11.5 Å². The molecular formula is C18H15FN2O2. The molecule has 3 rings (SSSR count). The highest BCUT2D eigenvalue weighted by atomic mass is 19.1. The van der Waals surface area contributed by atoms with Crippen LogP contribution in [0.25, 0.3) is 16.5 Å². The van der Waals surface area contributed by atoms with Crippen molar-refractivity contribution in [2.24, 2.45) is 0 Å². The summed E-state index contributed by atoms with van der Waals surface area (Å²) in [5, 5.41) is 1.20. The highest BCUT2D eigenvalue weighted by Gasteiger charge is 2.18. The van der Waals surface area contributed by atoms with Crippen LogP contribution in [0.5, 0.6) is 0 Å². The number of carbonyl (C=O) groups excluding carboxylic acids is 1. The van der Waals surface area contributed by atoms with E-state index in [4.69, 9.17) is 0 Å². The van der Waals surface area contributed by atoms with Crippen molar-refractivity contribution < 1.29 is 9.18 Å². The van der Waals surface area contributed by atoms with Gasteiger partial charge in [-0.05, 0) is 41.8 Å². The molecule has 0 atom stereocenters. The van der Waals surface area contributed by atoms with Crippen LogP contribution < -0.4 is 5.56 Å². The van der Waals surface area contributed by atoms with Gasteiger partial charge in [-0.1, -0.05) is 18.2 Å². The lowest BCUT2D eigenvalue weighted by Crippen LogP contribution is -2.31. The fourth-order valence-electron chi connectivity index (χ4n) is 2.49. The topological polar surface area (TPSA) is 42.3 Å². The average molecular weight is 310 g/mol. The second-order valence-electron chi connectivity index (χ2n) is 5.43. The van der Waals surface area contributed by atoms with Gasteiger partial charge in [-0.2, -0.15) is 0 Å². The first kappa shape index (κ1) is 15.0. The number of hydrogen-bond donors (Lipinski definition) is 0. The number of pyridine rings is 1. The number of aromatic nitrogens is 1. The predicted molar refractivity (Wildman–Crippen MR) is 87.5 cm³/mol. The molecule has 1 amide bonds. The molecule has 4 nitrogen and oxygen atoms in total. The molecule has 0 aliphatic heterocycles. The lowest BCUT2D eigenvalue weighted by molar-refractivity contribution is 0.0819. The van der Waals surface area contributed by atoms with E-state index in [-0.39, 0.29) is 17.2 Å². The molecule has 0 unspecified atom stereocenters. The Balaban J connectivity index is 2.39. The zero-order valence-electron chi connectivity index (χ0n) is 12.8. The second kappa shape index (κ2) is 5.68. The molecule has 0 radical (unpaired) electrons. The molecule has 0 aliphatic rings. The van der Waals surface area contributed by atoms with Crippen molar-refractivity contribution in [2.45, 2.75) is 0 Å². The molecule has 0 aliphatic carbocycles. The van der Waals surface area contributed by atoms with Crippen LogP contribution in [0.4, 0.5) is 4.39 Å². The number of nitrogens with zero attached hydrogens (tertiary/aromatic N) is 2. The third-order valence-electron chi connectivity index (χ3n) is 3.64. The van der Waals surface area contributed by atoms with Gasteiger partial charge in [0.1, 0.15) is 11.5 Å². The summed E-state index contributed by atoms with van der Waals surface area (Å²) in [7, 11) is 3.24. The molecule has 2 aromatic carbocycles. The zero-order valence-corrected chi connectivity index (χ0v) is 12.8. The number of hydrogen-bond acceptors (Lipinski definition) is 2. The normalized spacial score (nSPS) is 10.7. The Morgan fingerprint density at radius 2 is 1.70 bits per heavy atom. The van der Waals surface area contributed by atoms with Crippen LogP contribution in [0.3, 0.4) is 0 Å². The van der Waals surface area contributed by atoms with E-state index < -0.39 is 5.82 Å². The number of rotatable bonds is 2. The first-order valence-electron chi connectivity index (χ1n) is 7.11. The van der Waals surface area contributed by atoms with Crippen LogP contribution in [0.2, 0.25) is 0 Å². The summed E-state index contributed by atoms with van der Waals surface area (Å²) < 4.78 is 14.5. The summed E-state index contributed by atoms with van der Waals surface area (Å²) in [6, 6.07) is 14.3. The summed E-state index contributed by atoms with van der Waals surface area (Å²) in [4.78, 5) is 26.8. The number of carbonyl (C=O) groups is 1. The maximum absolute atomic E-state index is 13.2. The van der Waals surface area contributed by atoms with Crippen LogP contribution in [-0.2, 0) is 0 Å². The van der Waals surface area contributed by atoms with E-state index in [1.54, 1.807) is 38.4 Å². The molecule has 0 saturated carbocycles. The van der Waals surface area contributed by atoms with Crippen molar-refractivity contribution in [1.29, 1.82) is 0 Å². The predicted octanol–water partition coefficient (Wildman–Crippen LogP) is 2.83. The maximum atomic E-state index is 13.2. The monoisotopic (exact) mass is 310 g/mol. The van der Waals surface area contributed by atoms with Gasteiger partial charge in [0.15, 0.2) is 0 Å². The quantitative estimate of drug-likeness (QED) is 0.730. The Morgan fingerprint density at radius 1 is 1.04 bits per heavy atom. The van der Waals surface area contributed by atoms with E-state index in [0.29, 0.717) is 16.5 Å². The number of benzene rings is 2. The van der Waals surface area contributed by atoms with Gasteiger partial charge in [0.05, 0.1) is 0 Å². The molecular weight excluding hydrogens is 295 g/mol. The number of amides is 1. The van der Waals surface area contributed by atoms with Gasteiger partial charge in [0.2, 0.25) is 0 Å². The highest BCUT2D eigenvalue weighted by molar-refractivity contribution is 5.97. The molecule has 0 bridgehead atoms. The molecule has 0 N–H and O–H groups in total. The maximum Gasteiger partial charge on any atom is 0.270 e. The van der Waals surface area contributed by atoms with E-state index in [1.165, 1.54) is 33.7 Å². The van der Waals surface area contributed by atoms with Crippen molar-refractivity contribution in [2.75, 3.05) is 14.1 Å². The van der Waals surface area contributed by atoms with E-state index in [0.717, 1.165) is 0 Å². The molecule has 0 saturated heterocycles. The molecule has 23 heavy (non-hydrogen) atoms. The van der Waals surface area contributed by atoms with Crippen LogP contribution in [-0.4, -0.2) is 29.5 Å². The van der Waals surface area contributed by atoms with Crippen molar-refractivity contribution in [1.82, 2.24) is 9.47 Å². The van der Waals surface area contributed by atoms with Crippen molar-refractivity contribution in [3.63, 3.8) is 0 Å². The van der Waals surface area contributed by atoms with Gasteiger partial charge in [0, 0.05) is 25.2 Å². The Labute approximate surface area is 132 Å². The van der Waals surface area contributed by atoms with Crippen LogP contribution in [0.15, 0.2) is 59.4 Å². The number of halogens is 1. The summed E-state index contributed by atoms with van der Waals surface area (Å²) in [5.74, 6) is -0.694. The number of fused-ring (bicyclic) bond motifs is 1. The van der Waals surface area contributed by atoms with Gasteiger partial charge < -0.3 is 4.90 Å². The van der Waals surface area contributed by atoms with Crippen molar-refractivity contribution in [3.05, 3.63) is 76.5 Å². The first-order chi connectivity index (χ1) is 11.0. The van der Waals surface area contributed by atoms with Crippen LogP contribution in [0, 0.1) is 5.82 Å². The fourth-order valence-corrected chi connectivity index (χ4v) is 2.49. The Hall–Kier alpha value is -2.95. The minimum absolute atomic E-state index is 0.241. The SMILES string of the molecule is CN(C)C(=O)c1cc2ccccc2c(=O)n1-c1ccc(F)cc1. The molecule has 1 heterocycles. The molecule has 5 heteroatoms. The largest absolute Gasteiger partial charge is 0.343 e. The summed E-state index contributed by atoms with van der Waals surface area (Å²) in [5.41, 5.74) is 0.387. The Kier molecular flexibility index (Phi) is 3.70. The lowest BCUT2D eigenvalue weighted by atomic mass is 10.1. The van der Waals surface area contributed by atoms with E-state index in [2.05, 4.69) is 0 Å². The minimum Gasteiger partial charge on any atom is -0.343 e. The summed E-state index contributed by atoms with van der Waals surface area (Å²) in [6.07, 6.45) is 0. The summed E-state index contributed by atoms with van der Waals surface area (Å²) in [6.45, 7) is 0. The smallest absolute Gasteiger partial charge is 0.270 e. The second-order valence-corrected chi connectivity index (χ2v) is 5.43. The van der Waals surface area contributed by atoms with Crippen LogP contribution in [0.1, 0.15) is 10.5 Å². The van der Waals surface area contributed by atoms with Crippen molar-refractivity contribution >= 4 is 16.7 Å². The van der Waals surface area contributed by atoms with E-state index in [9.17, 15) is 14.0 Å². The fraction of sp³-hybridized carbons (Fsp3) is 0.111. The van der Waals surface area contributed by atoms with Gasteiger partial charge in [-0.25, -0.2) is 4.39 Å². The molecule has 116 valence electrons. The average Bonchev–Trinajstić information content (AvgIpc) is 2.55. The third-order valence-corrected chi connectivity index (χ3v) is 3.64. The standard InChI is InChI=1S/C18H15FN2O2/c1-20(2)18(23)16-11-12-5-3-4-6-15(12)17(22)21(16)14-9-7-13(19)8-10-14/h3-11H,1-2H3. The summed E-state index contributed by atoms with van der Waals surface area (Å²) >= 11 is 0.